The minimum Gasteiger partial charge on any atom is -0.368 e. The maximum atomic E-state index is 13.8. The standard InChI is InChI=1S/C22H28F2N4O4/c1-2-20(30)28(16-9-14(23)8-15(24)10-16)18(12-3-4-12)11-19(29)27-17(21(25)31)7-13-5-6-26-22(13)32/h8-10,12-13,17-18H,2-7,11H2,1H3,(H2,25,31)(H,26,32)(H,27,29)/t13-,17-,18?/m0/s1. The maximum absolute atomic E-state index is 13.8. The Morgan fingerprint density at radius 3 is 2.34 bits per heavy atom. The zero-order valence-corrected chi connectivity index (χ0v) is 17.9. The molecule has 1 unspecified atom stereocenters. The van der Waals surface area contributed by atoms with Gasteiger partial charge in [-0.3, -0.25) is 19.2 Å². The van der Waals surface area contributed by atoms with Crippen molar-refractivity contribution in [2.45, 2.75) is 57.5 Å². The fourth-order valence-electron chi connectivity index (χ4n) is 4.16. The van der Waals surface area contributed by atoms with Gasteiger partial charge in [0.1, 0.15) is 17.7 Å². The van der Waals surface area contributed by atoms with Crippen LogP contribution < -0.4 is 21.3 Å². The van der Waals surface area contributed by atoms with Gasteiger partial charge in [0.15, 0.2) is 0 Å². The van der Waals surface area contributed by atoms with Gasteiger partial charge in [-0.15, -0.1) is 0 Å². The van der Waals surface area contributed by atoms with Crippen molar-refractivity contribution in [1.29, 1.82) is 0 Å². The molecule has 4 N–H and O–H groups in total. The third kappa shape index (κ3) is 5.80. The van der Waals surface area contributed by atoms with Crippen LogP contribution in [0.5, 0.6) is 0 Å². The number of rotatable bonds is 10. The first-order valence-electron chi connectivity index (χ1n) is 10.8. The average Bonchev–Trinajstić information content (AvgIpc) is 3.48. The van der Waals surface area contributed by atoms with Gasteiger partial charge in [-0.05, 0) is 43.7 Å². The molecule has 32 heavy (non-hydrogen) atoms. The lowest BCUT2D eigenvalue weighted by atomic mass is 9.97. The van der Waals surface area contributed by atoms with E-state index in [9.17, 15) is 28.0 Å². The Balaban J connectivity index is 1.77. The number of carbonyl (C=O) groups is 4. The Morgan fingerprint density at radius 2 is 1.84 bits per heavy atom. The highest BCUT2D eigenvalue weighted by Crippen LogP contribution is 2.39. The van der Waals surface area contributed by atoms with Crippen molar-refractivity contribution in [3.8, 4) is 0 Å². The number of primary amides is 1. The number of nitrogens with zero attached hydrogens (tertiary/aromatic N) is 1. The molecule has 2 fully saturated rings. The van der Waals surface area contributed by atoms with Crippen LogP contribution in [0.2, 0.25) is 0 Å². The summed E-state index contributed by atoms with van der Waals surface area (Å²) in [5, 5.41) is 5.26. The van der Waals surface area contributed by atoms with Crippen LogP contribution in [0, 0.1) is 23.5 Å². The van der Waals surface area contributed by atoms with E-state index >= 15 is 0 Å². The van der Waals surface area contributed by atoms with Crippen molar-refractivity contribution in [3.05, 3.63) is 29.8 Å². The Labute approximate surface area is 184 Å². The minimum atomic E-state index is -1.03. The van der Waals surface area contributed by atoms with Gasteiger partial charge >= 0.3 is 0 Å². The van der Waals surface area contributed by atoms with Gasteiger partial charge in [-0.25, -0.2) is 8.78 Å². The van der Waals surface area contributed by atoms with Gasteiger partial charge in [0.25, 0.3) is 0 Å². The molecule has 0 spiro atoms. The first-order chi connectivity index (χ1) is 15.2. The third-order valence-corrected chi connectivity index (χ3v) is 5.95. The van der Waals surface area contributed by atoms with E-state index in [1.165, 1.54) is 4.90 Å². The first-order valence-corrected chi connectivity index (χ1v) is 10.8. The molecule has 0 bridgehead atoms. The highest BCUT2D eigenvalue weighted by molar-refractivity contribution is 5.95. The van der Waals surface area contributed by atoms with Crippen molar-refractivity contribution >= 4 is 29.3 Å². The van der Waals surface area contributed by atoms with Gasteiger partial charge in [0, 0.05) is 43.1 Å². The predicted octanol–water partition coefficient (Wildman–Crippen LogP) is 1.37. The van der Waals surface area contributed by atoms with E-state index in [-0.39, 0.29) is 42.7 Å². The summed E-state index contributed by atoms with van der Waals surface area (Å²) in [6, 6.07) is 1.20. The van der Waals surface area contributed by atoms with E-state index in [4.69, 9.17) is 5.73 Å². The molecule has 1 saturated heterocycles. The van der Waals surface area contributed by atoms with Crippen LogP contribution in [0.25, 0.3) is 0 Å². The summed E-state index contributed by atoms with van der Waals surface area (Å²) >= 11 is 0. The molecule has 1 saturated carbocycles. The first kappa shape index (κ1) is 23.6. The summed E-state index contributed by atoms with van der Waals surface area (Å²) in [5.41, 5.74) is 5.48. The van der Waals surface area contributed by atoms with Crippen LogP contribution in [-0.2, 0) is 19.2 Å². The fourth-order valence-corrected chi connectivity index (χ4v) is 4.16. The van der Waals surface area contributed by atoms with Crippen molar-refractivity contribution in [3.63, 3.8) is 0 Å². The number of anilines is 1. The lowest BCUT2D eigenvalue weighted by molar-refractivity contribution is -0.129. The van der Waals surface area contributed by atoms with Gasteiger partial charge in [-0.1, -0.05) is 6.92 Å². The van der Waals surface area contributed by atoms with E-state index in [2.05, 4.69) is 10.6 Å². The van der Waals surface area contributed by atoms with Crippen molar-refractivity contribution in [1.82, 2.24) is 10.6 Å². The Bertz CT molecular complexity index is 886. The van der Waals surface area contributed by atoms with Crippen molar-refractivity contribution < 1.29 is 28.0 Å². The van der Waals surface area contributed by atoms with Gasteiger partial charge < -0.3 is 21.3 Å². The molecule has 1 aromatic carbocycles. The molecule has 10 heteroatoms. The molecule has 0 aromatic heterocycles. The van der Waals surface area contributed by atoms with Crippen LogP contribution >= 0.6 is 0 Å². The summed E-state index contributed by atoms with van der Waals surface area (Å²) in [6.07, 6.45) is 2.11. The molecule has 1 aliphatic heterocycles. The Morgan fingerprint density at radius 1 is 1.19 bits per heavy atom. The zero-order valence-electron chi connectivity index (χ0n) is 17.9. The van der Waals surface area contributed by atoms with E-state index < -0.39 is 41.5 Å². The summed E-state index contributed by atoms with van der Waals surface area (Å²) in [7, 11) is 0. The van der Waals surface area contributed by atoms with Crippen LogP contribution in [0.15, 0.2) is 18.2 Å². The van der Waals surface area contributed by atoms with Crippen LogP contribution in [0.4, 0.5) is 14.5 Å². The van der Waals surface area contributed by atoms with Crippen LogP contribution in [0.1, 0.15) is 45.4 Å². The lowest BCUT2D eigenvalue weighted by Crippen LogP contribution is -2.49. The number of nitrogens with one attached hydrogen (secondary N) is 2. The molecule has 8 nitrogen and oxygen atoms in total. The molecular formula is C22H28F2N4O4. The van der Waals surface area contributed by atoms with Gasteiger partial charge in [0.2, 0.25) is 23.6 Å². The highest BCUT2D eigenvalue weighted by atomic mass is 19.1. The lowest BCUT2D eigenvalue weighted by Gasteiger charge is -2.32. The van der Waals surface area contributed by atoms with Gasteiger partial charge in [0.05, 0.1) is 0 Å². The monoisotopic (exact) mass is 450 g/mol. The summed E-state index contributed by atoms with van der Waals surface area (Å²) in [6.45, 7) is 2.13. The molecule has 1 aliphatic carbocycles. The normalized spacial score (nSPS) is 19.7. The molecule has 0 radical (unpaired) electrons. The summed E-state index contributed by atoms with van der Waals surface area (Å²) in [4.78, 5) is 50.5. The van der Waals surface area contributed by atoms with E-state index in [1.54, 1.807) is 6.92 Å². The summed E-state index contributed by atoms with van der Waals surface area (Å²) in [5.74, 6) is -3.89. The predicted molar refractivity (Wildman–Crippen MR) is 112 cm³/mol. The number of benzene rings is 1. The second kappa shape index (κ2) is 10.1. The molecule has 4 amide bonds. The highest BCUT2D eigenvalue weighted by Gasteiger charge is 2.40. The third-order valence-electron chi connectivity index (χ3n) is 5.95. The van der Waals surface area contributed by atoms with Gasteiger partial charge in [-0.2, -0.15) is 0 Å². The number of hydrogen-bond donors (Lipinski definition) is 3. The van der Waals surface area contributed by atoms with E-state index in [0.717, 1.165) is 25.0 Å². The SMILES string of the molecule is CCC(=O)N(c1cc(F)cc(F)c1)C(CC(=O)N[C@@H](C[C@@H]1CCNC1=O)C(N)=O)C1CC1. The minimum absolute atomic E-state index is 0.00443. The van der Waals surface area contributed by atoms with Crippen LogP contribution in [-0.4, -0.2) is 42.3 Å². The molecule has 3 atom stereocenters. The Hall–Kier alpha value is -3.04. The van der Waals surface area contributed by atoms with E-state index in [0.29, 0.717) is 19.0 Å². The molecule has 1 heterocycles. The summed E-state index contributed by atoms with van der Waals surface area (Å²) < 4.78 is 27.7. The quantitative estimate of drug-likeness (QED) is 0.498. The maximum Gasteiger partial charge on any atom is 0.240 e. The number of nitrogens with two attached hydrogens (primary N) is 1. The average molecular weight is 450 g/mol. The largest absolute Gasteiger partial charge is 0.368 e. The molecule has 2 aliphatic rings. The molecule has 3 rings (SSSR count). The number of halogens is 2. The number of amides is 4. The molecule has 174 valence electrons. The fraction of sp³-hybridized carbons (Fsp3) is 0.545. The van der Waals surface area contributed by atoms with E-state index in [1.807, 2.05) is 0 Å². The zero-order chi connectivity index (χ0) is 23.4. The number of hydrogen-bond acceptors (Lipinski definition) is 4. The Kier molecular flexibility index (Phi) is 7.42. The number of carbonyl (C=O) groups excluding carboxylic acids is 4. The second-order valence-electron chi connectivity index (χ2n) is 8.39. The van der Waals surface area contributed by atoms with Crippen LogP contribution in [0.3, 0.4) is 0 Å². The smallest absolute Gasteiger partial charge is 0.240 e. The van der Waals surface area contributed by atoms with Crippen molar-refractivity contribution in [2.75, 3.05) is 11.4 Å². The van der Waals surface area contributed by atoms with Crippen molar-refractivity contribution in [2.24, 2.45) is 17.6 Å². The topological polar surface area (TPSA) is 122 Å². The molecular weight excluding hydrogens is 422 g/mol. The second-order valence-corrected chi connectivity index (χ2v) is 8.39. The molecule has 1 aromatic rings.